The van der Waals surface area contributed by atoms with Crippen LogP contribution in [0.4, 0.5) is 5.82 Å². The Morgan fingerprint density at radius 3 is 2.66 bits per heavy atom. The SMILES string of the molecule is CN(Cc1ncc(-c2ccccc2)[nH]1)c1nc(-c2cccnc2)nc2c1CCC2. The molecule has 29 heavy (non-hydrogen) atoms. The fourth-order valence-electron chi connectivity index (χ4n) is 3.86. The van der Waals surface area contributed by atoms with E-state index in [2.05, 4.69) is 39.0 Å². The number of pyridine rings is 1. The van der Waals surface area contributed by atoms with Crippen LogP contribution >= 0.6 is 0 Å². The van der Waals surface area contributed by atoms with Gasteiger partial charge in [-0.25, -0.2) is 15.0 Å². The van der Waals surface area contributed by atoms with Gasteiger partial charge in [0.2, 0.25) is 0 Å². The number of nitrogens with zero attached hydrogens (tertiary/aromatic N) is 5. The standard InChI is InChI=1S/C23H22N6/c1-29(15-21-25-14-20(26-21)16-7-3-2-4-8-16)23-18-10-5-11-19(18)27-22(28-23)17-9-6-12-24-13-17/h2-4,6-9,12-14H,5,10-11,15H2,1H3,(H,25,26). The molecular weight excluding hydrogens is 360 g/mol. The van der Waals surface area contributed by atoms with Crippen molar-refractivity contribution in [2.24, 2.45) is 0 Å². The highest BCUT2D eigenvalue weighted by molar-refractivity contribution is 5.61. The fraction of sp³-hybridized carbons (Fsp3) is 0.217. The van der Waals surface area contributed by atoms with Crippen LogP contribution in [0.5, 0.6) is 0 Å². The molecule has 0 saturated carbocycles. The highest BCUT2D eigenvalue weighted by Crippen LogP contribution is 2.31. The minimum Gasteiger partial charge on any atom is -0.352 e. The van der Waals surface area contributed by atoms with Gasteiger partial charge in [0.1, 0.15) is 11.6 Å². The molecule has 0 fully saturated rings. The Morgan fingerprint density at radius 2 is 1.83 bits per heavy atom. The molecule has 0 spiro atoms. The summed E-state index contributed by atoms with van der Waals surface area (Å²) in [6.07, 6.45) is 8.63. The Morgan fingerprint density at radius 1 is 0.966 bits per heavy atom. The minimum atomic E-state index is 0.656. The number of hydrogen-bond donors (Lipinski definition) is 1. The molecule has 3 heterocycles. The van der Waals surface area contributed by atoms with Crippen LogP contribution in [0.25, 0.3) is 22.6 Å². The zero-order chi connectivity index (χ0) is 19.6. The second-order valence-electron chi connectivity index (χ2n) is 7.36. The molecule has 4 aromatic rings. The molecule has 1 N–H and O–H groups in total. The van der Waals surface area contributed by atoms with Crippen LogP contribution in [0.1, 0.15) is 23.5 Å². The van der Waals surface area contributed by atoms with Gasteiger partial charge in [-0.2, -0.15) is 0 Å². The summed E-state index contributed by atoms with van der Waals surface area (Å²) in [6.45, 7) is 0.656. The molecule has 3 aromatic heterocycles. The van der Waals surface area contributed by atoms with E-state index in [1.54, 1.807) is 6.20 Å². The number of benzene rings is 1. The van der Waals surface area contributed by atoms with E-state index < -0.39 is 0 Å². The zero-order valence-electron chi connectivity index (χ0n) is 16.3. The van der Waals surface area contributed by atoms with Crippen LogP contribution in [0.3, 0.4) is 0 Å². The molecule has 6 nitrogen and oxygen atoms in total. The number of aryl methyl sites for hydroxylation is 1. The molecule has 144 valence electrons. The topological polar surface area (TPSA) is 70.6 Å². The van der Waals surface area contributed by atoms with Crippen LogP contribution < -0.4 is 4.90 Å². The third-order valence-corrected chi connectivity index (χ3v) is 5.29. The first-order chi connectivity index (χ1) is 14.3. The number of anilines is 1. The molecule has 1 aromatic carbocycles. The Kier molecular flexibility index (Phi) is 4.52. The van der Waals surface area contributed by atoms with E-state index >= 15 is 0 Å². The van der Waals surface area contributed by atoms with E-state index in [0.717, 1.165) is 59.2 Å². The van der Waals surface area contributed by atoms with Crippen LogP contribution in [0.2, 0.25) is 0 Å². The summed E-state index contributed by atoms with van der Waals surface area (Å²) >= 11 is 0. The van der Waals surface area contributed by atoms with Gasteiger partial charge in [0.25, 0.3) is 0 Å². The van der Waals surface area contributed by atoms with Crippen molar-refractivity contribution in [2.75, 3.05) is 11.9 Å². The first kappa shape index (κ1) is 17.6. The van der Waals surface area contributed by atoms with E-state index in [9.17, 15) is 0 Å². The number of H-pyrrole nitrogens is 1. The predicted octanol–water partition coefficient (Wildman–Crippen LogP) is 4.05. The molecule has 0 unspecified atom stereocenters. The maximum atomic E-state index is 4.91. The number of nitrogens with one attached hydrogen (secondary N) is 1. The Labute approximate surface area is 169 Å². The van der Waals surface area contributed by atoms with Gasteiger partial charge in [0, 0.05) is 36.3 Å². The van der Waals surface area contributed by atoms with E-state index in [1.807, 2.05) is 42.7 Å². The summed E-state index contributed by atoms with van der Waals surface area (Å²) in [5, 5.41) is 0. The lowest BCUT2D eigenvalue weighted by atomic mass is 10.2. The molecule has 0 amide bonds. The van der Waals surface area contributed by atoms with Crippen molar-refractivity contribution in [3.63, 3.8) is 0 Å². The quantitative estimate of drug-likeness (QED) is 0.564. The first-order valence-electron chi connectivity index (χ1n) is 9.88. The van der Waals surface area contributed by atoms with Gasteiger partial charge < -0.3 is 9.88 Å². The molecule has 0 bridgehead atoms. The van der Waals surface area contributed by atoms with Crippen LogP contribution in [-0.2, 0) is 19.4 Å². The lowest BCUT2D eigenvalue weighted by Crippen LogP contribution is -2.21. The number of hydrogen-bond acceptors (Lipinski definition) is 5. The van der Waals surface area contributed by atoms with E-state index in [4.69, 9.17) is 9.97 Å². The van der Waals surface area contributed by atoms with Gasteiger partial charge in [0.15, 0.2) is 5.82 Å². The van der Waals surface area contributed by atoms with Gasteiger partial charge in [-0.15, -0.1) is 0 Å². The van der Waals surface area contributed by atoms with Crippen molar-refractivity contribution in [3.05, 3.63) is 78.1 Å². The summed E-state index contributed by atoms with van der Waals surface area (Å²) < 4.78 is 0. The van der Waals surface area contributed by atoms with Gasteiger partial charge in [-0.05, 0) is 37.0 Å². The summed E-state index contributed by atoms with van der Waals surface area (Å²) in [4.78, 5) is 24.1. The average Bonchev–Trinajstić information content (AvgIpc) is 3.44. The van der Waals surface area contributed by atoms with Gasteiger partial charge in [-0.3, -0.25) is 4.98 Å². The first-order valence-corrected chi connectivity index (χ1v) is 9.88. The second-order valence-corrected chi connectivity index (χ2v) is 7.36. The Hall–Kier alpha value is -3.54. The van der Waals surface area contributed by atoms with Crippen LogP contribution in [0.15, 0.2) is 61.1 Å². The van der Waals surface area contributed by atoms with E-state index in [-0.39, 0.29) is 0 Å². The molecule has 0 saturated heterocycles. The zero-order valence-corrected chi connectivity index (χ0v) is 16.3. The van der Waals surface area contributed by atoms with Crippen molar-refractivity contribution < 1.29 is 0 Å². The van der Waals surface area contributed by atoms with Crippen LogP contribution in [-0.4, -0.2) is 32.0 Å². The summed E-state index contributed by atoms with van der Waals surface area (Å²) in [5.41, 5.74) is 5.52. The fourth-order valence-corrected chi connectivity index (χ4v) is 3.86. The maximum absolute atomic E-state index is 4.91. The Bertz CT molecular complexity index is 1120. The monoisotopic (exact) mass is 382 g/mol. The highest BCUT2D eigenvalue weighted by atomic mass is 15.2. The van der Waals surface area contributed by atoms with Crippen molar-refractivity contribution in [2.45, 2.75) is 25.8 Å². The smallest absolute Gasteiger partial charge is 0.163 e. The third-order valence-electron chi connectivity index (χ3n) is 5.29. The lowest BCUT2D eigenvalue weighted by Gasteiger charge is -2.21. The molecule has 6 heteroatoms. The molecule has 5 rings (SSSR count). The molecular formula is C23H22N6. The molecule has 0 aliphatic heterocycles. The predicted molar refractivity (Wildman–Crippen MR) is 113 cm³/mol. The third kappa shape index (κ3) is 3.49. The van der Waals surface area contributed by atoms with Crippen molar-refractivity contribution in [1.82, 2.24) is 24.9 Å². The Balaban J connectivity index is 1.45. The maximum Gasteiger partial charge on any atom is 0.163 e. The number of aromatic amines is 1. The van der Waals surface area contributed by atoms with Crippen molar-refractivity contribution in [3.8, 4) is 22.6 Å². The number of rotatable bonds is 5. The van der Waals surface area contributed by atoms with Gasteiger partial charge >= 0.3 is 0 Å². The van der Waals surface area contributed by atoms with Gasteiger partial charge in [0.05, 0.1) is 18.4 Å². The van der Waals surface area contributed by atoms with Crippen molar-refractivity contribution in [1.29, 1.82) is 0 Å². The largest absolute Gasteiger partial charge is 0.352 e. The molecule has 0 atom stereocenters. The molecule has 0 radical (unpaired) electrons. The number of aromatic nitrogens is 5. The van der Waals surface area contributed by atoms with E-state index in [1.165, 1.54) is 5.56 Å². The minimum absolute atomic E-state index is 0.656. The van der Waals surface area contributed by atoms with Gasteiger partial charge in [-0.1, -0.05) is 30.3 Å². The summed E-state index contributed by atoms with van der Waals surface area (Å²) in [6, 6.07) is 14.2. The van der Waals surface area contributed by atoms with Crippen molar-refractivity contribution >= 4 is 5.82 Å². The number of fused-ring (bicyclic) bond motifs is 1. The summed E-state index contributed by atoms with van der Waals surface area (Å²) in [5.74, 6) is 2.65. The molecule has 1 aliphatic carbocycles. The van der Waals surface area contributed by atoms with Crippen LogP contribution in [0, 0.1) is 0 Å². The lowest BCUT2D eigenvalue weighted by molar-refractivity contribution is 0.830. The second kappa shape index (κ2) is 7.47. The van der Waals surface area contributed by atoms with E-state index in [0.29, 0.717) is 6.54 Å². The number of imidazole rings is 1. The highest BCUT2D eigenvalue weighted by Gasteiger charge is 2.22. The molecule has 1 aliphatic rings. The normalized spacial score (nSPS) is 12.7. The summed E-state index contributed by atoms with van der Waals surface area (Å²) in [7, 11) is 2.07. The average molecular weight is 382 g/mol.